The molecule has 146 valence electrons. The summed E-state index contributed by atoms with van der Waals surface area (Å²) in [5.74, 6) is 0.493. The molecule has 1 aliphatic heterocycles. The van der Waals surface area contributed by atoms with E-state index < -0.39 is 0 Å². The molecule has 0 radical (unpaired) electrons. The molecule has 1 aromatic heterocycles. The molecule has 2 N–H and O–H groups in total. The first kappa shape index (κ1) is 21.6. The number of pyridine rings is 1. The van der Waals surface area contributed by atoms with E-state index in [0.29, 0.717) is 24.6 Å². The third-order valence-corrected chi connectivity index (χ3v) is 4.90. The van der Waals surface area contributed by atoms with E-state index >= 15 is 0 Å². The van der Waals surface area contributed by atoms with Gasteiger partial charge in [-0.15, -0.1) is 24.0 Å². The van der Waals surface area contributed by atoms with Crippen molar-refractivity contribution in [3.63, 3.8) is 0 Å². The monoisotopic (exact) mass is 501 g/mol. The van der Waals surface area contributed by atoms with E-state index in [-0.39, 0.29) is 29.5 Å². The summed E-state index contributed by atoms with van der Waals surface area (Å²) in [4.78, 5) is 21.0. The lowest BCUT2D eigenvalue weighted by Gasteiger charge is -2.36. The van der Waals surface area contributed by atoms with Gasteiger partial charge in [-0.25, -0.2) is 4.99 Å². The van der Waals surface area contributed by atoms with Crippen molar-refractivity contribution in [1.29, 1.82) is 0 Å². The second kappa shape index (κ2) is 9.98. The summed E-state index contributed by atoms with van der Waals surface area (Å²) in [6.07, 6.45) is 1.79. The minimum absolute atomic E-state index is 0. The molecule has 27 heavy (non-hydrogen) atoms. The average molecular weight is 502 g/mol. The zero-order valence-electron chi connectivity index (χ0n) is 15.3. The largest absolute Gasteiger partial charge is 0.370 e. The Morgan fingerprint density at radius 3 is 2.44 bits per heavy atom. The number of nitrogens with zero attached hydrogens (tertiary/aromatic N) is 4. The molecule has 0 amide bonds. The zero-order valence-corrected chi connectivity index (χ0v) is 18.4. The number of rotatable bonds is 4. The number of piperazine rings is 1. The molecule has 0 aliphatic carbocycles. The number of aromatic nitrogens is 1. The number of nitrogens with two attached hydrogens (primary N) is 1. The molecular formula is C19H25ClIN5O. The van der Waals surface area contributed by atoms with E-state index in [1.165, 1.54) is 0 Å². The smallest absolute Gasteiger partial charge is 0.255 e. The van der Waals surface area contributed by atoms with Crippen LogP contribution < -0.4 is 16.2 Å². The highest BCUT2D eigenvalue weighted by Gasteiger charge is 2.18. The molecule has 0 bridgehead atoms. The SMILES string of the molecule is CCn1cccc(CN=C(N)N2CCN(c3ccc(Cl)cc3)CC2)c1=O.I. The minimum Gasteiger partial charge on any atom is -0.370 e. The predicted octanol–water partition coefficient (Wildman–Crippen LogP) is 2.78. The Labute approximate surface area is 181 Å². The Bertz CT molecular complexity index is 829. The van der Waals surface area contributed by atoms with Crippen LogP contribution in [0.1, 0.15) is 12.5 Å². The van der Waals surface area contributed by atoms with Gasteiger partial charge in [-0.3, -0.25) is 4.79 Å². The van der Waals surface area contributed by atoms with E-state index in [1.807, 2.05) is 43.3 Å². The summed E-state index contributed by atoms with van der Waals surface area (Å²) >= 11 is 5.95. The molecule has 0 saturated carbocycles. The van der Waals surface area contributed by atoms with Crippen LogP contribution >= 0.6 is 35.6 Å². The van der Waals surface area contributed by atoms with Gasteiger partial charge < -0.3 is 20.1 Å². The predicted molar refractivity (Wildman–Crippen MR) is 122 cm³/mol. The van der Waals surface area contributed by atoms with Crippen LogP contribution in [-0.2, 0) is 13.1 Å². The van der Waals surface area contributed by atoms with Crippen molar-refractivity contribution < 1.29 is 0 Å². The number of guanidine groups is 1. The van der Waals surface area contributed by atoms with Gasteiger partial charge in [0.25, 0.3) is 5.56 Å². The maximum Gasteiger partial charge on any atom is 0.255 e. The molecule has 1 aromatic carbocycles. The fourth-order valence-electron chi connectivity index (χ4n) is 3.07. The maximum absolute atomic E-state index is 12.2. The van der Waals surface area contributed by atoms with Crippen molar-refractivity contribution in [3.05, 3.63) is 63.5 Å². The van der Waals surface area contributed by atoms with E-state index in [9.17, 15) is 4.79 Å². The highest BCUT2D eigenvalue weighted by molar-refractivity contribution is 14.0. The third-order valence-electron chi connectivity index (χ3n) is 4.65. The molecule has 6 nitrogen and oxygen atoms in total. The molecule has 2 heterocycles. The molecule has 0 atom stereocenters. The first-order chi connectivity index (χ1) is 12.6. The zero-order chi connectivity index (χ0) is 18.5. The van der Waals surface area contributed by atoms with Gasteiger partial charge in [0.1, 0.15) is 0 Å². The molecule has 1 fully saturated rings. The summed E-state index contributed by atoms with van der Waals surface area (Å²) in [6, 6.07) is 11.6. The summed E-state index contributed by atoms with van der Waals surface area (Å²) in [7, 11) is 0. The second-order valence-electron chi connectivity index (χ2n) is 6.25. The molecule has 1 aliphatic rings. The standard InChI is InChI=1S/C19H24ClN5O.HI/c1-2-23-9-3-4-15(18(23)26)14-22-19(21)25-12-10-24(11-13-25)17-7-5-16(20)6-8-17;/h3-9H,2,10-14H2,1H3,(H2,21,22);1H. The first-order valence-electron chi connectivity index (χ1n) is 8.82. The Kier molecular flexibility index (Phi) is 7.97. The van der Waals surface area contributed by atoms with Gasteiger partial charge in [0.2, 0.25) is 0 Å². The second-order valence-corrected chi connectivity index (χ2v) is 6.69. The number of hydrogen-bond donors (Lipinski definition) is 1. The van der Waals surface area contributed by atoms with Crippen LogP contribution in [0.4, 0.5) is 5.69 Å². The lowest BCUT2D eigenvalue weighted by molar-refractivity contribution is 0.380. The fourth-order valence-corrected chi connectivity index (χ4v) is 3.19. The van der Waals surface area contributed by atoms with Crippen LogP contribution in [0, 0.1) is 0 Å². The summed E-state index contributed by atoms with van der Waals surface area (Å²) < 4.78 is 1.67. The van der Waals surface area contributed by atoms with Crippen LogP contribution in [0.15, 0.2) is 52.4 Å². The maximum atomic E-state index is 12.2. The van der Waals surface area contributed by atoms with Gasteiger partial charge in [0.05, 0.1) is 6.54 Å². The quantitative estimate of drug-likeness (QED) is 0.397. The van der Waals surface area contributed by atoms with Crippen molar-refractivity contribution in [3.8, 4) is 0 Å². The normalized spacial score (nSPS) is 14.8. The first-order valence-corrected chi connectivity index (χ1v) is 9.20. The number of halogens is 2. The Hall–Kier alpha value is -1.74. The topological polar surface area (TPSA) is 66.9 Å². The Morgan fingerprint density at radius 2 is 1.81 bits per heavy atom. The van der Waals surface area contributed by atoms with Crippen LogP contribution in [0.5, 0.6) is 0 Å². The molecule has 3 rings (SSSR count). The van der Waals surface area contributed by atoms with Gasteiger partial charge in [0.15, 0.2) is 5.96 Å². The summed E-state index contributed by atoms with van der Waals surface area (Å²) in [6.45, 7) is 6.24. The number of hydrogen-bond acceptors (Lipinski definition) is 3. The Morgan fingerprint density at radius 1 is 1.15 bits per heavy atom. The molecular weight excluding hydrogens is 477 g/mol. The van der Waals surface area contributed by atoms with Crippen molar-refractivity contribution >= 4 is 47.2 Å². The number of aryl methyl sites for hydroxylation is 1. The molecule has 0 unspecified atom stereocenters. The van der Waals surface area contributed by atoms with Gasteiger partial charge >= 0.3 is 0 Å². The lowest BCUT2D eigenvalue weighted by atomic mass is 10.2. The number of benzene rings is 1. The van der Waals surface area contributed by atoms with Gasteiger partial charge in [0, 0.05) is 55.2 Å². The van der Waals surface area contributed by atoms with Crippen LogP contribution in [-0.4, -0.2) is 41.6 Å². The highest BCUT2D eigenvalue weighted by atomic mass is 127. The van der Waals surface area contributed by atoms with Crippen molar-refractivity contribution in [2.24, 2.45) is 10.7 Å². The molecule has 2 aromatic rings. The van der Waals surface area contributed by atoms with Crippen LogP contribution in [0.2, 0.25) is 5.02 Å². The lowest BCUT2D eigenvalue weighted by Crippen LogP contribution is -2.51. The molecule has 0 spiro atoms. The van der Waals surface area contributed by atoms with Crippen LogP contribution in [0.25, 0.3) is 0 Å². The van der Waals surface area contributed by atoms with Crippen LogP contribution in [0.3, 0.4) is 0 Å². The Balaban J connectivity index is 0.00000261. The average Bonchev–Trinajstić information content (AvgIpc) is 2.68. The van der Waals surface area contributed by atoms with Crippen molar-refractivity contribution in [2.45, 2.75) is 20.0 Å². The molecule has 1 saturated heterocycles. The number of anilines is 1. The summed E-state index contributed by atoms with van der Waals surface area (Å²) in [5, 5.41) is 0.742. The summed E-state index contributed by atoms with van der Waals surface area (Å²) in [5.41, 5.74) is 7.98. The highest BCUT2D eigenvalue weighted by Crippen LogP contribution is 2.19. The minimum atomic E-state index is -0.000826. The van der Waals surface area contributed by atoms with E-state index in [4.69, 9.17) is 17.3 Å². The molecule has 8 heteroatoms. The van der Waals surface area contributed by atoms with Gasteiger partial charge in [-0.05, 0) is 37.3 Å². The van der Waals surface area contributed by atoms with Gasteiger partial charge in [-0.1, -0.05) is 17.7 Å². The third kappa shape index (κ3) is 5.38. The van der Waals surface area contributed by atoms with E-state index in [0.717, 1.165) is 36.9 Å². The number of aliphatic imine (C=N–C) groups is 1. The van der Waals surface area contributed by atoms with E-state index in [1.54, 1.807) is 10.8 Å². The van der Waals surface area contributed by atoms with Gasteiger partial charge in [-0.2, -0.15) is 0 Å². The van der Waals surface area contributed by atoms with Crippen molar-refractivity contribution in [2.75, 3.05) is 31.1 Å². The fraction of sp³-hybridized carbons (Fsp3) is 0.368. The van der Waals surface area contributed by atoms with E-state index in [2.05, 4.69) is 14.8 Å². The van der Waals surface area contributed by atoms with Crippen molar-refractivity contribution in [1.82, 2.24) is 9.47 Å².